The maximum atomic E-state index is 8.92. The van der Waals surface area contributed by atoms with Gasteiger partial charge in [0, 0.05) is 6.20 Å². The molecule has 0 aliphatic carbocycles. The number of aromatic nitrogens is 3. The first-order chi connectivity index (χ1) is 7.25. The van der Waals surface area contributed by atoms with Gasteiger partial charge in [-0.15, -0.1) is 5.10 Å². The number of aliphatic hydroxyl groups is 3. The average Bonchev–Trinajstić information content (AvgIpc) is 2.63. The fraction of sp³-hybridized carbons (Fsp3) is 0.625. The minimum atomic E-state index is -0.921. The van der Waals surface area contributed by atoms with Crippen LogP contribution in [0.2, 0.25) is 0 Å². The zero-order valence-corrected chi connectivity index (χ0v) is 7.97. The lowest BCUT2D eigenvalue weighted by Gasteiger charge is -2.10. The molecule has 84 valence electrons. The van der Waals surface area contributed by atoms with Gasteiger partial charge in [0.25, 0.3) is 0 Å². The van der Waals surface area contributed by atoms with E-state index in [1.54, 1.807) is 6.20 Å². The third-order valence-electron chi connectivity index (χ3n) is 1.84. The second-order valence-corrected chi connectivity index (χ2v) is 2.91. The molecule has 3 N–H and O–H groups in total. The molecule has 1 aliphatic heterocycles. The van der Waals surface area contributed by atoms with Gasteiger partial charge in [0.2, 0.25) is 0 Å². The molecule has 0 radical (unpaired) electrons. The fourth-order valence-electron chi connectivity index (χ4n) is 1.03. The molecule has 0 amide bonds. The zero-order valence-electron chi connectivity index (χ0n) is 7.97. The van der Waals surface area contributed by atoms with Crippen LogP contribution in [-0.2, 0) is 4.74 Å². The van der Waals surface area contributed by atoms with E-state index in [9.17, 15) is 0 Å². The molecule has 2 rings (SSSR count). The minimum Gasteiger partial charge on any atom is -0.394 e. The van der Waals surface area contributed by atoms with Crippen molar-refractivity contribution in [3.05, 3.63) is 18.7 Å². The standard InChI is InChI=1S/C5H10O4.C3H3N3/c6-1-4-5(8)3(7)2-9-4;1-2-5-6-3-4-1/h3-8H,1-2H2;1-3H. The Balaban J connectivity index is 0.000000162. The highest BCUT2D eigenvalue weighted by Gasteiger charge is 2.33. The molecule has 7 nitrogen and oxygen atoms in total. The van der Waals surface area contributed by atoms with Crippen molar-refractivity contribution in [1.29, 1.82) is 0 Å². The Kier molecular flexibility index (Phi) is 5.05. The quantitative estimate of drug-likeness (QED) is 0.495. The summed E-state index contributed by atoms with van der Waals surface area (Å²) in [7, 11) is 0. The SMILES string of the molecule is OCC1OCC(O)C1O.c1cnncn1. The summed E-state index contributed by atoms with van der Waals surface area (Å²) in [6, 6.07) is 0. The van der Waals surface area contributed by atoms with Crippen molar-refractivity contribution >= 4 is 0 Å². The van der Waals surface area contributed by atoms with Crippen LogP contribution in [0.15, 0.2) is 18.7 Å². The lowest BCUT2D eigenvalue weighted by molar-refractivity contribution is -0.00588. The van der Waals surface area contributed by atoms with Gasteiger partial charge in [-0.1, -0.05) is 0 Å². The number of aliphatic hydroxyl groups excluding tert-OH is 3. The Bertz CT molecular complexity index is 235. The summed E-state index contributed by atoms with van der Waals surface area (Å²) in [4.78, 5) is 3.61. The molecule has 1 aromatic rings. The summed E-state index contributed by atoms with van der Waals surface area (Å²) < 4.78 is 4.78. The van der Waals surface area contributed by atoms with Crippen LogP contribution in [0.1, 0.15) is 0 Å². The average molecular weight is 215 g/mol. The minimum absolute atomic E-state index is 0.117. The molecule has 2 heterocycles. The Morgan fingerprint density at radius 3 is 2.27 bits per heavy atom. The van der Waals surface area contributed by atoms with Gasteiger partial charge in [0.05, 0.1) is 19.4 Å². The lowest BCUT2D eigenvalue weighted by Crippen LogP contribution is -2.31. The Morgan fingerprint density at radius 1 is 1.27 bits per heavy atom. The van der Waals surface area contributed by atoms with Gasteiger partial charge in [-0.25, -0.2) is 4.98 Å². The largest absolute Gasteiger partial charge is 0.394 e. The summed E-state index contributed by atoms with van der Waals surface area (Å²) in [5.74, 6) is 0. The molecule has 7 heteroatoms. The maximum Gasteiger partial charge on any atom is 0.138 e. The second-order valence-electron chi connectivity index (χ2n) is 2.91. The number of ether oxygens (including phenoxy) is 1. The molecule has 1 aliphatic rings. The van der Waals surface area contributed by atoms with E-state index in [4.69, 9.17) is 20.1 Å². The van der Waals surface area contributed by atoms with E-state index in [1.165, 1.54) is 12.5 Å². The molecule has 1 aromatic heterocycles. The molecule has 3 atom stereocenters. The molecule has 15 heavy (non-hydrogen) atoms. The molecule has 0 saturated carbocycles. The van der Waals surface area contributed by atoms with E-state index in [0.29, 0.717) is 0 Å². The van der Waals surface area contributed by atoms with E-state index in [2.05, 4.69) is 15.2 Å². The summed E-state index contributed by atoms with van der Waals surface area (Å²) in [5.41, 5.74) is 0. The molecule has 1 saturated heterocycles. The summed E-state index contributed by atoms with van der Waals surface area (Å²) in [5, 5.41) is 33.1. The number of rotatable bonds is 1. The van der Waals surface area contributed by atoms with Crippen LogP contribution >= 0.6 is 0 Å². The lowest BCUT2D eigenvalue weighted by atomic mass is 10.2. The summed E-state index contributed by atoms with van der Waals surface area (Å²) in [6.07, 6.45) is 2.14. The number of hydrogen-bond donors (Lipinski definition) is 3. The second kappa shape index (κ2) is 6.36. The van der Waals surface area contributed by atoms with Crippen molar-refractivity contribution in [2.75, 3.05) is 13.2 Å². The van der Waals surface area contributed by atoms with E-state index in [0.717, 1.165) is 0 Å². The van der Waals surface area contributed by atoms with Crippen molar-refractivity contribution in [2.45, 2.75) is 18.3 Å². The fourth-order valence-corrected chi connectivity index (χ4v) is 1.03. The van der Waals surface area contributed by atoms with Gasteiger partial charge in [-0.3, -0.25) is 0 Å². The van der Waals surface area contributed by atoms with Crippen LogP contribution in [0.3, 0.4) is 0 Å². The Morgan fingerprint density at radius 2 is 2.07 bits per heavy atom. The normalized spacial score (nSPS) is 29.4. The highest BCUT2D eigenvalue weighted by Crippen LogP contribution is 2.12. The van der Waals surface area contributed by atoms with Gasteiger partial charge < -0.3 is 20.1 Å². The smallest absolute Gasteiger partial charge is 0.138 e. The number of nitrogens with zero attached hydrogens (tertiary/aromatic N) is 3. The Labute approximate surface area is 86.4 Å². The highest BCUT2D eigenvalue weighted by atomic mass is 16.5. The van der Waals surface area contributed by atoms with Gasteiger partial charge >= 0.3 is 0 Å². The van der Waals surface area contributed by atoms with E-state index in [1.807, 2.05) is 0 Å². The predicted molar refractivity (Wildman–Crippen MR) is 48.7 cm³/mol. The van der Waals surface area contributed by atoms with Crippen LogP contribution in [-0.4, -0.2) is 62.0 Å². The van der Waals surface area contributed by atoms with Gasteiger partial charge in [-0.05, 0) is 0 Å². The van der Waals surface area contributed by atoms with Crippen molar-refractivity contribution in [3.8, 4) is 0 Å². The van der Waals surface area contributed by atoms with E-state index >= 15 is 0 Å². The molecular formula is C8H13N3O4. The summed E-state index contributed by atoms with van der Waals surface area (Å²) >= 11 is 0. The molecule has 3 unspecified atom stereocenters. The first-order valence-corrected chi connectivity index (χ1v) is 4.41. The van der Waals surface area contributed by atoms with Crippen LogP contribution in [0.5, 0.6) is 0 Å². The van der Waals surface area contributed by atoms with Crippen LogP contribution in [0.4, 0.5) is 0 Å². The third-order valence-corrected chi connectivity index (χ3v) is 1.84. The van der Waals surface area contributed by atoms with Crippen molar-refractivity contribution in [3.63, 3.8) is 0 Å². The molecular weight excluding hydrogens is 202 g/mol. The topological polar surface area (TPSA) is 109 Å². The number of hydrogen-bond acceptors (Lipinski definition) is 7. The first kappa shape index (κ1) is 11.9. The summed E-state index contributed by atoms with van der Waals surface area (Å²) in [6.45, 7) is -0.120. The third kappa shape index (κ3) is 3.84. The van der Waals surface area contributed by atoms with Crippen molar-refractivity contribution in [1.82, 2.24) is 15.2 Å². The first-order valence-electron chi connectivity index (χ1n) is 4.41. The Hall–Kier alpha value is -1.15. The molecule has 1 fully saturated rings. The van der Waals surface area contributed by atoms with Crippen molar-refractivity contribution in [2.24, 2.45) is 0 Å². The molecule has 0 aromatic carbocycles. The highest BCUT2D eigenvalue weighted by molar-refractivity contribution is 4.81. The predicted octanol–water partition coefficient (Wildman–Crippen LogP) is -2.03. The van der Waals surface area contributed by atoms with Gasteiger partial charge in [0.1, 0.15) is 24.6 Å². The van der Waals surface area contributed by atoms with Crippen molar-refractivity contribution < 1.29 is 20.1 Å². The van der Waals surface area contributed by atoms with Crippen LogP contribution in [0, 0.1) is 0 Å². The molecule has 0 spiro atoms. The van der Waals surface area contributed by atoms with E-state index < -0.39 is 18.3 Å². The van der Waals surface area contributed by atoms with Crippen LogP contribution in [0.25, 0.3) is 0 Å². The zero-order chi connectivity index (χ0) is 11.1. The van der Waals surface area contributed by atoms with Crippen LogP contribution < -0.4 is 0 Å². The van der Waals surface area contributed by atoms with E-state index in [-0.39, 0.29) is 13.2 Å². The monoisotopic (exact) mass is 215 g/mol. The van der Waals surface area contributed by atoms with Gasteiger partial charge in [-0.2, -0.15) is 5.10 Å². The molecule has 0 bridgehead atoms. The van der Waals surface area contributed by atoms with Gasteiger partial charge in [0.15, 0.2) is 0 Å². The maximum absolute atomic E-state index is 8.92.